The Morgan fingerprint density at radius 2 is 1.90 bits per heavy atom. The molecule has 2 rings (SSSR count). The largest absolute Gasteiger partial charge is 0.490 e. The van der Waals surface area contributed by atoms with Crippen molar-refractivity contribution in [2.45, 2.75) is 13.8 Å². The van der Waals surface area contributed by atoms with E-state index in [1.54, 1.807) is 0 Å². The van der Waals surface area contributed by atoms with Crippen LogP contribution < -0.4 is 14.8 Å². The lowest BCUT2D eigenvalue weighted by Crippen LogP contribution is -2.02. The second-order valence-corrected chi connectivity index (χ2v) is 4.65. The molecule has 2 aromatic rings. The molecule has 0 saturated carbocycles. The minimum Gasteiger partial charge on any atom is -0.490 e. The molecule has 0 saturated heterocycles. The molecule has 0 aliphatic carbocycles. The highest BCUT2D eigenvalue weighted by atomic mass is 79.9. The predicted octanol–water partition coefficient (Wildman–Crippen LogP) is 3.86. The van der Waals surface area contributed by atoms with E-state index in [1.165, 1.54) is 6.33 Å². The van der Waals surface area contributed by atoms with Crippen molar-refractivity contribution in [2.75, 3.05) is 18.5 Å². The molecule has 6 heteroatoms. The van der Waals surface area contributed by atoms with Gasteiger partial charge >= 0.3 is 0 Å². The van der Waals surface area contributed by atoms with Crippen LogP contribution in [0.5, 0.6) is 17.4 Å². The summed E-state index contributed by atoms with van der Waals surface area (Å²) >= 11 is 3.45. The Morgan fingerprint density at radius 1 is 1.15 bits per heavy atom. The lowest BCUT2D eigenvalue weighted by molar-refractivity contribution is 0.319. The highest BCUT2D eigenvalue weighted by molar-refractivity contribution is 9.10. The van der Waals surface area contributed by atoms with Crippen LogP contribution in [0.3, 0.4) is 0 Å². The number of para-hydroxylation sites is 2. The summed E-state index contributed by atoms with van der Waals surface area (Å²) < 4.78 is 12.0. The summed E-state index contributed by atoms with van der Waals surface area (Å²) in [7, 11) is 0. The summed E-state index contributed by atoms with van der Waals surface area (Å²) in [6.07, 6.45) is 1.46. The molecule has 0 atom stereocenters. The van der Waals surface area contributed by atoms with Gasteiger partial charge in [-0.15, -0.1) is 0 Å². The maximum absolute atomic E-state index is 5.82. The van der Waals surface area contributed by atoms with Crippen molar-refractivity contribution in [3.63, 3.8) is 0 Å². The van der Waals surface area contributed by atoms with Crippen LogP contribution in [-0.2, 0) is 0 Å². The van der Waals surface area contributed by atoms with Gasteiger partial charge < -0.3 is 14.8 Å². The number of anilines is 1. The standard InChI is InChI=1S/C14H16BrN3O2/c1-3-16-13-12(15)14(18-9-17-13)20-11-8-6-5-7-10(11)19-4-2/h5-9H,3-4H2,1-2H3,(H,16,17,18). The van der Waals surface area contributed by atoms with Crippen molar-refractivity contribution in [3.8, 4) is 17.4 Å². The van der Waals surface area contributed by atoms with E-state index >= 15 is 0 Å². The van der Waals surface area contributed by atoms with Crippen molar-refractivity contribution < 1.29 is 9.47 Å². The number of hydrogen-bond donors (Lipinski definition) is 1. The molecular formula is C14H16BrN3O2. The third-order valence-electron chi connectivity index (χ3n) is 2.46. The van der Waals surface area contributed by atoms with Gasteiger partial charge in [0.25, 0.3) is 0 Å². The third-order valence-corrected chi connectivity index (χ3v) is 3.17. The molecule has 106 valence electrons. The summed E-state index contributed by atoms with van der Waals surface area (Å²) in [4.78, 5) is 8.29. The van der Waals surface area contributed by atoms with Gasteiger partial charge in [0.1, 0.15) is 16.6 Å². The molecule has 1 aromatic heterocycles. The van der Waals surface area contributed by atoms with Crippen LogP contribution >= 0.6 is 15.9 Å². The van der Waals surface area contributed by atoms with Gasteiger partial charge in [-0.25, -0.2) is 9.97 Å². The fourth-order valence-corrected chi connectivity index (χ4v) is 2.05. The molecule has 20 heavy (non-hydrogen) atoms. The average molecular weight is 338 g/mol. The van der Waals surface area contributed by atoms with Crippen LogP contribution in [0, 0.1) is 0 Å². The van der Waals surface area contributed by atoms with E-state index in [0.717, 1.165) is 6.54 Å². The average Bonchev–Trinajstić information content (AvgIpc) is 2.46. The first-order valence-electron chi connectivity index (χ1n) is 6.40. The Bertz CT molecular complexity index is 578. The smallest absolute Gasteiger partial charge is 0.239 e. The first-order chi connectivity index (χ1) is 9.76. The number of rotatable bonds is 6. The Kier molecular flexibility index (Phi) is 5.17. The summed E-state index contributed by atoms with van der Waals surface area (Å²) in [5, 5.41) is 3.13. The van der Waals surface area contributed by atoms with Crippen LogP contribution in [0.1, 0.15) is 13.8 Å². The number of benzene rings is 1. The second-order valence-electron chi connectivity index (χ2n) is 3.85. The van der Waals surface area contributed by atoms with Crippen LogP contribution in [-0.4, -0.2) is 23.1 Å². The molecular weight excluding hydrogens is 322 g/mol. The highest BCUT2D eigenvalue weighted by Gasteiger charge is 2.12. The quantitative estimate of drug-likeness (QED) is 0.867. The maximum Gasteiger partial charge on any atom is 0.239 e. The van der Waals surface area contributed by atoms with Gasteiger partial charge in [0, 0.05) is 6.54 Å². The molecule has 0 amide bonds. The monoisotopic (exact) mass is 337 g/mol. The second kappa shape index (κ2) is 7.09. The van der Waals surface area contributed by atoms with E-state index < -0.39 is 0 Å². The summed E-state index contributed by atoms with van der Waals surface area (Å²) in [6.45, 7) is 5.28. The highest BCUT2D eigenvalue weighted by Crippen LogP contribution is 2.35. The Balaban J connectivity index is 2.28. The molecule has 5 nitrogen and oxygen atoms in total. The van der Waals surface area contributed by atoms with Crippen molar-refractivity contribution >= 4 is 21.7 Å². The molecule has 1 heterocycles. The van der Waals surface area contributed by atoms with Gasteiger partial charge in [-0.2, -0.15) is 0 Å². The SMILES string of the molecule is CCNc1ncnc(Oc2ccccc2OCC)c1Br. The van der Waals surface area contributed by atoms with E-state index in [4.69, 9.17) is 9.47 Å². The number of ether oxygens (including phenoxy) is 2. The zero-order valence-corrected chi connectivity index (χ0v) is 13.0. The molecule has 0 bridgehead atoms. The Hall–Kier alpha value is -1.82. The van der Waals surface area contributed by atoms with Gasteiger partial charge in [-0.3, -0.25) is 0 Å². The fraction of sp³-hybridized carbons (Fsp3) is 0.286. The maximum atomic E-state index is 5.82. The van der Waals surface area contributed by atoms with Crippen LogP contribution in [0.2, 0.25) is 0 Å². The Labute approximate surface area is 126 Å². The summed E-state index contributed by atoms with van der Waals surface area (Å²) in [5.74, 6) is 2.45. The number of hydrogen-bond acceptors (Lipinski definition) is 5. The molecule has 0 spiro atoms. The fourth-order valence-electron chi connectivity index (χ4n) is 1.63. The molecule has 1 N–H and O–H groups in total. The lowest BCUT2D eigenvalue weighted by Gasteiger charge is -2.12. The third kappa shape index (κ3) is 3.39. The van der Waals surface area contributed by atoms with Crippen molar-refractivity contribution in [1.29, 1.82) is 0 Å². The normalized spacial score (nSPS) is 10.2. The first kappa shape index (κ1) is 14.6. The van der Waals surface area contributed by atoms with Crippen molar-refractivity contribution in [3.05, 3.63) is 35.1 Å². The topological polar surface area (TPSA) is 56.3 Å². The van der Waals surface area contributed by atoms with Crippen molar-refractivity contribution in [1.82, 2.24) is 9.97 Å². The van der Waals surface area contributed by atoms with E-state index in [0.29, 0.717) is 34.3 Å². The van der Waals surface area contributed by atoms with Gasteiger partial charge in [-0.05, 0) is 41.9 Å². The van der Waals surface area contributed by atoms with E-state index in [9.17, 15) is 0 Å². The zero-order valence-electron chi connectivity index (χ0n) is 11.4. The predicted molar refractivity (Wildman–Crippen MR) is 81.6 cm³/mol. The number of aromatic nitrogens is 2. The molecule has 0 aliphatic heterocycles. The summed E-state index contributed by atoms with van der Waals surface area (Å²) in [6, 6.07) is 7.49. The van der Waals surface area contributed by atoms with Crippen molar-refractivity contribution in [2.24, 2.45) is 0 Å². The van der Waals surface area contributed by atoms with E-state index in [-0.39, 0.29) is 0 Å². The van der Waals surface area contributed by atoms with Gasteiger partial charge in [-0.1, -0.05) is 12.1 Å². The molecule has 0 unspecified atom stereocenters. The number of nitrogens with one attached hydrogen (secondary N) is 1. The summed E-state index contributed by atoms with van der Waals surface area (Å²) in [5.41, 5.74) is 0. The minimum absolute atomic E-state index is 0.447. The lowest BCUT2D eigenvalue weighted by atomic mass is 10.3. The first-order valence-corrected chi connectivity index (χ1v) is 7.19. The minimum atomic E-state index is 0.447. The molecule has 0 fully saturated rings. The zero-order chi connectivity index (χ0) is 14.4. The number of halogens is 1. The van der Waals surface area contributed by atoms with Crippen LogP contribution in [0.4, 0.5) is 5.82 Å². The van der Waals surface area contributed by atoms with Gasteiger partial charge in [0.15, 0.2) is 11.5 Å². The Morgan fingerprint density at radius 3 is 2.60 bits per heavy atom. The molecule has 1 aromatic carbocycles. The van der Waals surface area contributed by atoms with E-state index in [1.807, 2.05) is 38.1 Å². The van der Waals surface area contributed by atoms with Crippen LogP contribution in [0.15, 0.2) is 35.1 Å². The molecule has 0 radical (unpaired) electrons. The van der Waals surface area contributed by atoms with E-state index in [2.05, 4.69) is 31.2 Å². The van der Waals surface area contributed by atoms with Crippen LogP contribution in [0.25, 0.3) is 0 Å². The number of nitrogens with zero attached hydrogens (tertiary/aromatic N) is 2. The van der Waals surface area contributed by atoms with Gasteiger partial charge in [0.05, 0.1) is 6.61 Å². The van der Waals surface area contributed by atoms with Gasteiger partial charge in [0.2, 0.25) is 5.88 Å². The molecule has 0 aliphatic rings.